The second kappa shape index (κ2) is 5.73. The Morgan fingerprint density at radius 1 is 1.26 bits per heavy atom. The minimum absolute atomic E-state index is 0.208. The molecule has 0 radical (unpaired) electrons. The van der Waals surface area contributed by atoms with Gasteiger partial charge in [-0.15, -0.1) is 0 Å². The van der Waals surface area contributed by atoms with Gasteiger partial charge in [-0.2, -0.15) is 0 Å². The Balaban J connectivity index is 2.04. The smallest absolute Gasteiger partial charge is 0.320 e. The first-order valence-corrected chi connectivity index (χ1v) is 6.06. The molecule has 1 aliphatic rings. The van der Waals surface area contributed by atoms with Gasteiger partial charge in [0.25, 0.3) is 0 Å². The molecule has 0 fully saturated rings. The van der Waals surface area contributed by atoms with E-state index in [1.807, 2.05) is 24.3 Å². The summed E-state index contributed by atoms with van der Waals surface area (Å²) in [6, 6.07) is 7.67. The topological polar surface area (TPSA) is 61.8 Å². The Labute approximate surface area is 111 Å². The minimum atomic E-state index is -0.936. The molecule has 0 saturated carbocycles. The van der Waals surface area contributed by atoms with Gasteiger partial charge in [0.2, 0.25) is 0 Å². The maximum Gasteiger partial charge on any atom is 0.320 e. The van der Waals surface area contributed by atoms with Crippen LogP contribution in [0.3, 0.4) is 0 Å². The van der Waals surface area contributed by atoms with Crippen LogP contribution in [0, 0.1) is 5.92 Å². The zero-order valence-electron chi connectivity index (χ0n) is 10.9. The average Bonchev–Trinajstić information content (AvgIpc) is 2.85. The summed E-state index contributed by atoms with van der Waals surface area (Å²) >= 11 is 0. The van der Waals surface area contributed by atoms with Gasteiger partial charge in [0.15, 0.2) is 5.92 Å². The molecule has 1 atom stereocenters. The summed E-state index contributed by atoms with van der Waals surface area (Å²) in [6.45, 7) is 0. The number of para-hydroxylation sites is 1. The third-order valence-corrected chi connectivity index (χ3v) is 3.18. The van der Waals surface area contributed by atoms with E-state index in [1.54, 1.807) is 0 Å². The van der Waals surface area contributed by atoms with Crippen molar-refractivity contribution in [3.05, 3.63) is 29.8 Å². The van der Waals surface area contributed by atoms with Crippen molar-refractivity contribution >= 4 is 11.9 Å². The van der Waals surface area contributed by atoms with Gasteiger partial charge in [-0.25, -0.2) is 0 Å². The van der Waals surface area contributed by atoms with Crippen LogP contribution in [0.5, 0.6) is 5.75 Å². The highest BCUT2D eigenvalue weighted by Gasteiger charge is 2.34. The quantitative estimate of drug-likeness (QED) is 0.606. The molecule has 1 heterocycles. The second-order valence-corrected chi connectivity index (χ2v) is 4.39. The first kappa shape index (κ1) is 13.4. The molecule has 102 valence electrons. The second-order valence-electron chi connectivity index (χ2n) is 4.39. The van der Waals surface area contributed by atoms with E-state index in [0.717, 1.165) is 11.3 Å². The third-order valence-electron chi connectivity index (χ3n) is 3.18. The molecule has 5 nitrogen and oxygen atoms in total. The van der Waals surface area contributed by atoms with Crippen LogP contribution >= 0.6 is 0 Å². The van der Waals surface area contributed by atoms with Crippen LogP contribution in [-0.2, 0) is 25.5 Å². The van der Waals surface area contributed by atoms with Crippen LogP contribution in [0.1, 0.15) is 12.0 Å². The molecule has 1 aromatic carbocycles. The molecular formula is C14H16O5. The summed E-state index contributed by atoms with van der Waals surface area (Å²) in [5, 5.41) is 0. The highest BCUT2D eigenvalue weighted by molar-refractivity contribution is 5.94. The average molecular weight is 264 g/mol. The SMILES string of the molecule is COC(=O)C(CC1Cc2ccccc2O1)C(=O)OC. The van der Waals surface area contributed by atoms with E-state index in [2.05, 4.69) is 9.47 Å². The van der Waals surface area contributed by atoms with Crippen LogP contribution in [0.15, 0.2) is 24.3 Å². The lowest BCUT2D eigenvalue weighted by Gasteiger charge is -2.16. The molecule has 1 aliphatic heterocycles. The van der Waals surface area contributed by atoms with E-state index in [-0.39, 0.29) is 12.5 Å². The monoisotopic (exact) mass is 264 g/mol. The number of benzene rings is 1. The van der Waals surface area contributed by atoms with Crippen molar-refractivity contribution in [2.24, 2.45) is 5.92 Å². The Morgan fingerprint density at radius 3 is 2.47 bits per heavy atom. The number of hydrogen-bond donors (Lipinski definition) is 0. The van der Waals surface area contributed by atoms with Crippen LogP contribution in [0.4, 0.5) is 0 Å². The van der Waals surface area contributed by atoms with Crippen LogP contribution in [0.2, 0.25) is 0 Å². The number of fused-ring (bicyclic) bond motifs is 1. The fraction of sp³-hybridized carbons (Fsp3) is 0.429. The molecule has 0 aromatic heterocycles. The molecule has 1 unspecified atom stereocenters. The van der Waals surface area contributed by atoms with Crippen molar-refractivity contribution in [2.75, 3.05) is 14.2 Å². The summed E-state index contributed by atoms with van der Waals surface area (Å²) in [6.07, 6.45) is 0.731. The van der Waals surface area contributed by atoms with Crippen LogP contribution < -0.4 is 4.74 Å². The molecule has 0 spiro atoms. The van der Waals surface area contributed by atoms with Gasteiger partial charge >= 0.3 is 11.9 Å². The standard InChI is InChI=1S/C14H16O5/c1-17-13(15)11(14(16)18-2)8-10-7-9-5-3-4-6-12(9)19-10/h3-6,10-11H,7-8H2,1-2H3. The van der Waals surface area contributed by atoms with Gasteiger partial charge in [-0.3, -0.25) is 9.59 Å². The van der Waals surface area contributed by atoms with E-state index in [0.29, 0.717) is 6.42 Å². The van der Waals surface area contributed by atoms with Crippen molar-refractivity contribution in [3.63, 3.8) is 0 Å². The molecule has 19 heavy (non-hydrogen) atoms. The zero-order chi connectivity index (χ0) is 13.8. The molecule has 0 aliphatic carbocycles. The first-order valence-electron chi connectivity index (χ1n) is 6.06. The van der Waals surface area contributed by atoms with Gasteiger partial charge < -0.3 is 14.2 Å². The molecular weight excluding hydrogens is 248 g/mol. The van der Waals surface area contributed by atoms with Gasteiger partial charge in [-0.1, -0.05) is 18.2 Å². The molecule has 0 saturated heterocycles. The van der Waals surface area contributed by atoms with E-state index in [9.17, 15) is 9.59 Å². The maximum atomic E-state index is 11.6. The lowest BCUT2D eigenvalue weighted by atomic mass is 9.98. The van der Waals surface area contributed by atoms with Crippen molar-refractivity contribution in [3.8, 4) is 5.75 Å². The van der Waals surface area contributed by atoms with E-state index in [1.165, 1.54) is 14.2 Å². The van der Waals surface area contributed by atoms with E-state index in [4.69, 9.17) is 4.74 Å². The van der Waals surface area contributed by atoms with Gasteiger partial charge in [-0.05, 0) is 11.6 Å². The van der Waals surface area contributed by atoms with Crippen molar-refractivity contribution in [1.82, 2.24) is 0 Å². The Morgan fingerprint density at radius 2 is 1.89 bits per heavy atom. The normalized spacial score (nSPS) is 16.7. The molecule has 0 N–H and O–H groups in total. The predicted molar refractivity (Wildman–Crippen MR) is 66.7 cm³/mol. The fourth-order valence-corrected chi connectivity index (χ4v) is 2.22. The van der Waals surface area contributed by atoms with Crippen LogP contribution in [0.25, 0.3) is 0 Å². The molecule has 0 bridgehead atoms. The molecule has 5 heteroatoms. The van der Waals surface area contributed by atoms with Crippen LogP contribution in [-0.4, -0.2) is 32.3 Å². The fourth-order valence-electron chi connectivity index (χ4n) is 2.22. The molecule has 2 rings (SSSR count). The van der Waals surface area contributed by atoms with Crippen molar-refractivity contribution in [1.29, 1.82) is 0 Å². The van der Waals surface area contributed by atoms with Crippen molar-refractivity contribution < 1.29 is 23.8 Å². The molecule has 1 aromatic rings. The van der Waals surface area contributed by atoms with E-state index >= 15 is 0 Å². The van der Waals surface area contributed by atoms with Crippen molar-refractivity contribution in [2.45, 2.75) is 18.9 Å². The largest absolute Gasteiger partial charge is 0.490 e. The minimum Gasteiger partial charge on any atom is -0.490 e. The summed E-state index contributed by atoms with van der Waals surface area (Å²) in [5.41, 5.74) is 1.08. The van der Waals surface area contributed by atoms with E-state index < -0.39 is 17.9 Å². The van der Waals surface area contributed by atoms with Gasteiger partial charge in [0, 0.05) is 12.8 Å². The van der Waals surface area contributed by atoms with Gasteiger partial charge in [0.05, 0.1) is 14.2 Å². The Kier molecular flexibility index (Phi) is 4.04. The van der Waals surface area contributed by atoms with Gasteiger partial charge in [0.1, 0.15) is 11.9 Å². The Bertz CT molecular complexity index is 441. The number of ether oxygens (including phenoxy) is 3. The number of hydrogen-bond acceptors (Lipinski definition) is 5. The number of rotatable bonds is 4. The maximum absolute atomic E-state index is 11.6. The summed E-state index contributed by atoms with van der Waals surface area (Å²) in [4.78, 5) is 23.2. The number of methoxy groups -OCH3 is 2. The number of carbonyl (C=O) groups is 2. The lowest BCUT2D eigenvalue weighted by Crippen LogP contribution is -2.31. The highest BCUT2D eigenvalue weighted by Crippen LogP contribution is 2.31. The summed E-state index contributed by atoms with van der Waals surface area (Å²) in [5.74, 6) is -1.31. The summed E-state index contributed by atoms with van der Waals surface area (Å²) in [7, 11) is 2.51. The first-order chi connectivity index (χ1) is 9.15. The zero-order valence-corrected chi connectivity index (χ0v) is 10.9. The Hall–Kier alpha value is -2.04. The lowest BCUT2D eigenvalue weighted by molar-refractivity contribution is -0.160. The number of carbonyl (C=O) groups excluding carboxylic acids is 2. The summed E-state index contributed by atoms with van der Waals surface area (Å²) < 4.78 is 15.0. The number of esters is 2. The highest BCUT2D eigenvalue weighted by atomic mass is 16.5. The predicted octanol–water partition coefficient (Wildman–Crippen LogP) is 1.34. The third kappa shape index (κ3) is 2.86. The molecule has 0 amide bonds.